The average Bonchev–Trinajstić information content (AvgIpc) is 2.78. The van der Waals surface area contributed by atoms with Crippen molar-refractivity contribution in [2.45, 2.75) is 12.6 Å². The van der Waals surface area contributed by atoms with E-state index in [1.54, 1.807) is 12.1 Å². The number of alkyl halides is 1. The van der Waals surface area contributed by atoms with E-state index in [4.69, 9.17) is 23.2 Å². The van der Waals surface area contributed by atoms with E-state index in [9.17, 15) is 5.11 Å². The third-order valence-corrected chi connectivity index (χ3v) is 2.72. The van der Waals surface area contributed by atoms with E-state index in [1.165, 1.54) is 4.80 Å². The SMILES string of the molecule is OC(CCl)Cn1nnc(-c2ccc(Cl)cc2)n1. The Morgan fingerprint density at radius 3 is 2.65 bits per heavy atom. The highest BCUT2D eigenvalue weighted by Crippen LogP contribution is 2.16. The maximum atomic E-state index is 9.35. The number of nitrogens with zero attached hydrogens (tertiary/aromatic N) is 4. The fourth-order valence-corrected chi connectivity index (χ4v) is 1.50. The summed E-state index contributed by atoms with van der Waals surface area (Å²) in [5.74, 6) is 0.626. The number of halogens is 2. The van der Waals surface area contributed by atoms with E-state index >= 15 is 0 Å². The fourth-order valence-electron chi connectivity index (χ4n) is 1.27. The Bertz CT molecular complexity index is 485. The number of aromatic nitrogens is 4. The standard InChI is InChI=1S/C10H10Cl2N4O/c11-5-9(17)6-16-14-10(13-15-16)7-1-3-8(12)4-2-7/h1-4,9,17H,5-6H2. The van der Waals surface area contributed by atoms with E-state index in [1.807, 2.05) is 12.1 Å². The summed E-state index contributed by atoms with van der Waals surface area (Å²) in [5, 5.41) is 21.8. The molecule has 1 aromatic carbocycles. The topological polar surface area (TPSA) is 63.8 Å². The van der Waals surface area contributed by atoms with Crippen LogP contribution in [0.25, 0.3) is 11.4 Å². The molecule has 1 unspecified atom stereocenters. The van der Waals surface area contributed by atoms with E-state index in [0.29, 0.717) is 10.8 Å². The Morgan fingerprint density at radius 1 is 1.29 bits per heavy atom. The number of rotatable bonds is 4. The molecule has 1 N–H and O–H groups in total. The van der Waals surface area contributed by atoms with Crippen LogP contribution in [0.4, 0.5) is 0 Å². The molecule has 1 aromatic heterocycles. The van der Waals surface area contributed by atoms with Gasteiger partial charge in [-0.2, -0.15) is 4.80 Å². The molecule has 0 aliphatic carbocycles. The molecule has 5 nitrogen and oxygen atoms in total. The van der Waals surface area contributed by atoms with E-state index < -0.39 is 6.10 Å². The molecule has 0 saturated heterocycles. The molecule has 0 radical (unpaired) electrons. The van der Waals surface area contributed by atoms with Crippen molar-refractivity contribution in [3.63, 3.8) is 0 Å². The number of aliphatic hydroxyl groups is 1. The monoisotopic (exact) mass is 272 g/mol. The van der Waals surface area contributed by atoms with Gasteiger partial charge in [-0.15, -0.1) is 21.8 Å². The number of hydrogen-bond acceptors (Lipinski definition) is 4. The lowest BCUT2D eigenvalue weighted by atomic mass is 10.2. The van der Waals surface area contributed by atoms with Gasteiger partial charge in [0.1, 0.15) is 0 Å². The van der Waals surface area contributed by atoms with Gasteiger partial charge in [0, 0.05) is 10.6 Å². The molecule has 0 bridgehead atoms. The van der Waals surface area contributed by atoms with Crippen molar-refractivity contribution in [3.8, 4) is 11.4 Å². The lowest BCUT2D eigenvalue weighted by Crippen LogP contribution is -2.19. The normalized spacial score (nSPS) is 12.6. The van der Waals surface area contributed by atoms with E-state index in [2.05, 4.69) is 15.4 Å². The Hall–Kier alpha value is -1.17. The summed E-state index contributed by atoms with van der Waals surface area (Å²) in [6.07, 6.45) is -0.677. The summed E-state index contributed by atoms with van der Waals surface area (Å²) >= 11 is 11.3. The quantitative estimate of drug-likeness (QED) is 0.859. The van der Waals surface area contributed by atoms with Gasteiger partial charge in [0.25, 0.3) is 0 Å². The van der Waals surface area contributed by atoms with Gasteiger partial charge in [-0.25, -0.2) is 0 Å². The van der Waals surface area contributed by atoms with Gasteiger partial charge in [0.15, 0.2) is 0 Å². The third-order valence-electron chi connectivity index (χ3n) is 2.11. The molecule has 2 rings (SSSR count). The summed E-state index contributed by atoms with van der Waals surface area (Å²) in [4.78, 5) is 1.32. The first-order chi connectivity index (χ1) is 8.19. The summed E-state index contributed by atoms with van der Waals surface area (Å²) < 4.78 is 0. The highest BCUT2D eigenvalue weighted by atomic mass is 35.5. The van der Waals surface area contributed by atoms with Crippen LogP contribution in [-0.2, 0) is 6.54 Å². The minimum Gasteiger partial charge on any atom is -0.390 e. The van der Waals surface area contributed by atoms with Crippen LogP contribution in [0, 0.1) is 0 Å². The van der Waals surface area contributed by atoms with Crippen LogP contribution in [0.1, 0.15) is 0 Å². The molecule has 0 amide bonds. The molecular formula is C10H10Cl2N4O. The van der Waals surface area contributed by atoms with Gasteiger partial charge in [0.2, 0.25) is 5.82 Å². The van der Waals surface area contributed by atoms with E-state index in [-0.39, 0.29) is 12.4 Å². The zero-order chi connectivity index (χ0) is 12.3. The van der Waals surface area contributed by atoms with Crippen molar-refractivity contribution in [1.29, 1.82) is 0 Å². The predicted molar refractivity (Wildman–Crippen MR) is 65.0 cm³/mol. The number of benzene rings is 1. The summed E-state index contributed by atoms with van der Waals surface area (Å²) in [6, 6.07) is 7.12. The lowest BCUT2D eigenvalue weighted by molar-refractivity contribution is 0.164. The number of hydrogen-bond donors (Lipinski definition) is 1. The molecule has 90 valence electrons. The van der Waals surface area contributed by atoms with Crippen LogP contribution < -0.4 is 0 Å². The highest BCUT2D eigenvalue weighted by Gasteiger charge is 2.09. The van der Waals surface area contributed by atoms with Crippen molar-refractivity contribution in [1.82, 2.24) is 20.2 Å². The Labute approximate surface area is 108 Å². The van der Waals surface area contributed by atoms with Crippen LogP contribution >= 0.6 is 23.2 Å². The van der Waals surface area contributed by atoms with Crippen LogP contribution in [0.5, 0.6) is 0 Å². The molecule has 0 saturated carbocycles. The van der Waals surface area contributed by atoms with Gasteiger partial charge in [-0.05, 0) is 29.5 Å². The molecule has 0 aliphatic rings. The van der Waals surface area contributed by atoms with Crippen molar-refractivity contribution in [2.75, 3.05) is 5.88 Å². The number of aliphatic hydroxyl groups excluding tert-OH is 1. The maximum absolute atomic E-state index is 9.35. The van der Waals surface area contributed by atoms with Crippen LogP contribution in [0.3, 0.4) is 0 Å². The van der Waals surface area contributed by atoms with Gasteiger partial charge in [0.05, 0.1) is 18.5 Å². The van der Waals surface area contributed by atoms with Crippen LogP contribution in [-0.4, -0.2) is 37.3 Å². The van der Waals surface area contributed by atoms with Crippen molar-refractivity contribution in [2.24, 2.45) is 0 Å². The van der Waals surface area contributed by atoms with Crippen molar-refractivity contribution < 1.29 is 5.11 Å². The van der Waals surface area contributed by atoms with Crippen LogP contribution in [0.15, 0.2) is 24.3 Å². The molecule has 1 heterocycles. The molecular weight excluding hydrogens is 263 g/mol. The van der Waals surface area contributed by atoms with E-state index in [0.717, 1.165) is 5.56 Å². The smallest absolute Gasteiger partial charge is 0.204 e. The Balaban J connectivity index is 2.15. The lowest BCUT2D eigenvalue weighted by Gasteiger charge is -2.03. The van der Waals surface area contributed by atoms with Crippen LogP contribution in [0.2, 0.25) is 5.02 Å². The fraction of sp³-hybridized carbons (Fsp3) is 0.300. The van der Waals surface area contributed by atoms with Gasteiger partial charge < -0.3 is 5.11 Å². The van der Waals surface area contributed by atoms with Crippen molar-refractivity contribution >= 4 is 23.2 Å². The predicted octanol–water partition coefficient (Wildman–Crippen LogP) is 1.59. The molecule has 0 aliphatic heterocycles. The highest BCUT2D eigenvalue weighted by molar-refractivity contribution is 6.30. The molecule has 0 spiro atoms. The summed E-state index contributed by atoms with van der Waals surface area (Å²) in [5.41, 5.74) is 0.820. The number of tetrazole rings is 1. The molecule has 1 atom stereocenters. The minimum absolute atomic E-state index is 0.137. The van der Waals surface area contributed by atoms with Gasteiger partial charge in [-0.1, -0.05) is 11.6 Å². The molecule has 0 fully saturated rings. The maximum Gasteiger partial charge on any atom is 0.204 e. The Morgan fingerprint density at radius 2 is 2.00 bits per heavy atom. The third kappa shape index (κ3) is 3.15. The zero-order valence-corrected chi connectivity index (χ0v) is 10.3. The van der Waals surface area contributed by atoms with Gasteiger partial charge >= 0.3 is 0 Å². The Kier molecular flexibility index (Phi) is 3.93. The van der Waals surface area contributed by atoms with Crippen molar-refractivity contribution in [3.05, 3.63) is 29.3 Å². The molecule has 7 heteroatoms. The average molecular weight is 273 g/mol. The summed E-state index contributed by atoms with van der Waals surface area (Å²) in [6.45, 7) is 0.226. The first-order valence-corrected chi connectivity index (χ1v) is 5.88. The second-order valence-electron chi connectivity index (χ2n) is 3.48. The largest absolute Gasteiger partial charge is 0.390 e. The second kappa shape index (κ2) is 5.44. The minimum atomic E-state index is -0.677. The molecule has 2 aromatic rings. The summed E-state index contributed by atoms with van der Waals surface area (Å²) in [7, 11) is 0. The molecule has 17 heavy (non-hydrogen) atoms. The second-order valence-corrected chi connectivity index (χ2v) is 4.23. The first-order valence-electron chi connectivity index (χ1n) is 4.97. The van der Waals surface area contributed by atoms with Gasteiger partial charge in [-0.3, -0.25) is 0 Å². The zero-order valence-electron chi connectivity index (χ0n) is 8.79. The first kappa shape index (κ1) is 12.3.